The smallest absolute Gasteiger partial charge is 0.137 e. The molecule has 0 saturated carbocycles. The first-order valence-corrected chi connectivity index (χ1v) is 6.95. The number of nitrogens with two attached hydrogens (primary N) is 1. The molecule has 2 aromatic carbocycles. The molecule has 0 radical (unpaired) electrons. The predicted molar refractivity (Wildman–Crippen MR) is 82.3 cm³/mol. The molecule has 1 aliphatic heterocycles. The molecule has 1 atom stereocenters. The zero-order valence-corrected chi connectivity index (χ0v) is 11.9. The summed E-state index contributed by atoms with van der Waals surface area (Å²) in [6.07, 6.45) is 0.928. The van der Waals surface area contributed by atoms with E-state index in [9.17, 15) is 0 Å². The zero-order valence-electron chi connectivity index (χ0n) is 11.9. The second kappa shape index (κ2) is 5.48. The summed E-state index contributed by atoms with van der Waals surface area (Å²) in [5.41, 5.74) is 8.61. The lowest BCUT2D eigenvalue weighted by atomic mass is 10.1. The quantitative estimate of drug-likeness (QED) is 0.669. The van der Waals surface area contributed by atoms with Crippen molar-refractivity contribution in [1.82, 2.24) is 0 Å². The summed E-state index contributed by atoms with van der Waals surface area (Å²) >= 11 is 0. The number of amidine groups is 1. The van der Waals surface area contributed by atoms with Gasteiger partial charge in [-0.1, -0.05) is 17.7 Å². The van der Waals surface area contributed by atoms with Crippen LogP contribution in [0.5, 0.6) is 11.5 Å². The third kappa shape index (κ3) is 2.99. The summed E-state index contributed by atoms with van der Waals surface area (Å²) in [5, 5.41) is 7.35. The Kier molecular flexibility index (Phi) is 3.52. The van der Waals surface area contributed by atoms with Crippen molar-refractivity contribution in [3.8, 4) is 11.5 Å². The van der Waals surface area contributed by atoms with Gasteiger partial charge in [0.15, 0.2) is 0 Å². The van der Waals surface area contributed by atoms with Crippen LogP contribution in [0.2, 0.25) is 0 Å². The first-order chi connectivity index (χ1) is 10.1. The third-order valence-corrected chi connectivity index (χ3v) is 3.56. The van der Waals surface area contributed by atoms with E-state index >= 15 is 0 Å². The Labute approximate surface area is 124 Å². The van der Waals surface area contributed by atoms with E-state index in [2.05, 4.69) is 19.1 Å². The standard InChI is InChI=1S/C17H18N2O2/c1-11-2-7-16-13(8-11)9-15(21-16)10-20-14-5-3-12(4-6-14)17(18)19/h2-8,15H,9-10H2,1H3,(H3,18,19). The monoisotopic (exact) mass is 282 g/mol. The van der Waals surface area contributed by atoms with E-state index in [0.29, 0.717) is 12.2 Å². The van der Waals surface area contributed by atoms with Crippen LogP contribution in [0, 0.1) is 12.3 Å². The number of hydrogen-bond donors (Lipinski definition) is 2. The molecular weight excluding hydrogens is 264 g/mol. The Hall–Kier alpha value is -2.49. The lowest BCUT2D eigenvalue weighted by Crippen LogP contribution is -2.22. The Balaban J connectivity index is 1.58. The summed E-state index contributed by atoms with van der Waals surface area (Å²) in [6.45, 7) is 2.59. The fourth-order valence-corrected chi connectivity index (χ4v) is 2.46. The van der Waals surface area contributed by atoms with Crippen LogP contribution in [0.15, 0.2) is 42.5 Å². The highest BCUT2D eigenvalue weighted by Gasteiger charge is 2.23. The molecule has 0 saturated heterocycles. The number of nitrogen functional groups attached to an aromatic ring is 1. The Morgan fingerprint density at radius 3 is 2.76 bits per heavy atom. The van der Waals surface area contributed by atoms with Gasteiger partial charge in [0.1, 0.15) is 30.0 Å². The van der Waals surface area contributed by atoms with Gasteiger partial charge in [0.25, 0.3) is 0 Å². The largest absolute Gasteiger partial charge is 0.490 e. The molecule has 4 heteroatoms. The van der Waals surface area contributed by atoms with Gasteiger partial charge < -0.3 is 15.2 Å². The average Bonchev–Trinajstić information content (AvgIpc) is 2.87. The molecule has 108 valence electrons. The molecule has 1 heterocycles. The van der Waals surface area contributed by atoms with Gasteiger partial charge in [0.05, 0.1) is 0 Å². The van der Waals surface area contributed by atoms with Gasteiger partial charge >= 0.3 is 0 Å². The van der Waals surface area contributed by atoms with Crippen molar-refractivity contribution in [2.45, 2.75) is 19.4 Å². The molecular formula is C17H18N2O2. The van der Waals surface area contributed by atoms with Crippen molar-refractivity contribution in [3.63, 3.8) is 0 Å². The Morgan fingerprint density at radius 1 is 1.29 bits per heavy atom. The molecule has 3 rings (SSSR count). The third-order valence-electron chi connectivity index (χ3n) is 3.56. The summed E-state index contributed by atoms with van der Waals surface area (Å²) in [4.78, 5) is 0. The molecule has 21 heavy (non-hydrogen) atoms. The van der Waals surface area contributed by atoms with E-state index in [1.54, 1.807) is 12.1 Å². The van der Waals surface area contributed by atoms with Crippen molar-refractivity contribution in [1.29, 1.82) is 5.41 Å². The van der Waals surface area contributed by atoms with Crippen LogP contribution in [0.4, 0.5) is 0 Å². The van der Waals surface area contributed by atoms with Gasteiger partial charge in [-0.25, -0.2) is 0 Å². The van der Waals surface area contributed by atoms with Gasteiger partial charge in [0.2, 0.25) is 0 Å². The van der Waals surface area contributed by atoms with E-state index in [1.165, 1.54) is 11.1 Å². The summed E-state index contributed by atoms with van der Waals surface area (Å²) < 4.78 is 11.6. The van der Waals surface area contributed by atoms with Gasteiger partial charge in [-0.15, -0.1) is 0 Å². The first-order valence-electron chi connectivity index (χ1n) is 6.95. The van der Waals surface area contributed by atoms with Crippen LogP contribution in [0.3, 0.4) is 0 Å². The Morgan fingerprint density at radius 2 is 2.05 bits per heavy atom. The molecule has 1 aliphatic rings. The fourth-order valence-electron chi connectivity index (χ4n) is 2.46. The summed E-state index contributed by atoms with van der Waals surface area (Å²) in [6, 6.07) is 13.5. The lowest BCUT2D eigenvalue weighted by Gasteiger charge is -2.12. The van der Waals surface area contributed by atoms with Crippen molar-refractivity contribution >= 4 is 5.84 Å². The maximum absolute atomic E-state index is 7.35. The number of ether oxygens (including phenoxy) is 2. The summed E-state index contributed by atoms with van der Waals surface area (Å²) in [5.74, 6) is 1.78. The molecule has 4 nitrogen and oxygen atoms in total. The lowest BCUT2D eigenvalue weighted by molar-refractivity contribution is 0.148. The van der Waals surface area contributed by atoms with Crippen molar-refractivity contribution in [2.75, 3.05) is 6.61 Å². The summed E-state index contributed by atoms with van der Waals surface area (Å²) in [7, 11) is 0. The highest BCUT2D eigenvalue weighted by atomic mass is 16.5. The average molecular weight is 282 g/mol. The van der Waals surface area contributed by atoms with E-state index < -0.39 is 0 Å². The van der Waals surface area contributed by atoms with E-state index in [0.717, 1.165) is 17.9 Å². The number of nitrogens with one attached hydrogen (secondary N) is 1. The van der Waals surface area contributed by atoms with Gasteiger partial charge in [0, 0.05) is 12.0 Å². The molecule has 0 fully saturated rings. The maximum Gasteiger partial charge on any atom is 0.137 e. The molecule has 0 aromatic heterocycles. The van der Waals surface area contributed by atoms with Crippen LogP contribution in [-0.2, 0) is 6.42 Å². The SMILES string of the molecule is Cc1ccc2c(c1)CC(COc1ccc(C(=N)N)cc1)O2. The number of rotatable bonds is 4. The highest BCUT2D eigenvalue weighted by Crippen LogP contribution is 2.29. The number of fused-ring (bicyclic) bond motifs is 1. The molecule has 0 amide bonds. The number of aryl methyl sites for hydroxylation is 1. The van der Waals surface area contributed by atoms with E-state index in [-0.39, 0.29) is 11.9 Å². The van der Waals surface area contributed by atoms with Crippen LogP contribution in [-0.4, -0.2) is 18.5 Å². The Bertz CT molecular complexity index is 665. The van der Waals surface area contributed by atoms with E-state index in [1.807, 2.05) is 18.2 Å². The zero-order chi connectivity index (χ0) is 14.8. The van der Waals surface area contributed by atoms with Crippen LogP contribution < -0.4 is 15.2 Å². The molecule has 2 aromatic rings. The van der Waals surface area contributed by atoms with Gasteiger partial charge in [-0.2, -0.15) is 0 Å². The van der Waals surface area contributed by atoms with Crippen molar-refractivity contribution < 1.29 is 9.47 Å². The molecule has 0 bridgehead atoms. The van der Waals surface area contributed by atoms with Gasteiger partial charge in [-0.3, -0.25) is 5.41 Å². The van der Waals surface area contributed by atoms with Crippen LogP contribution in [0.25, 0.3) is 0 Å². The fraction of sp³-hybridized carbons (Fsp3) is 0.235. The minimum atomic E-state index is 0.0503. The minimum Gasteiger partial charge on any atom is -0.490 e. The second-order valence-corrected chi connectivity index (χ2v) is 5.30. The van der Waals surface area contributed by atoms with Gasteiger partial charge in [-0.05, 0) is 42.8 Å². The maximum atomic E-state index is 7.35. The molecule has 0 aliphatic carbocycles. The first kappa shape index (κ1) is 13.5. The molecule has 3 N–H and O–H groups in total. The van der Waals surface area contributed by atoms with E-state index in [4.69, 9.17) is 20.6 Å². The predicted octanol–water partition coefficient (Wildman–Crippen LogP) is 2.66. The topological polar surface area (TPSA) is 68.3 Å². The molecule has 1 unspecified atom stereocenters. The normalized spacial score (nSPS) is 16.1. The number of hydrogen-bond acceptors (Lipinski definition) is 3. The molecule has 0 spiro atoms. The van der Waals surface area contributed by atoms with Crippen LogP contribution >= 0.6 is 0 Å². The second-order valence-electron chi connectivity index (χ2n) is 5.30. The van der Waals surface area contributed by atoms with Crippen LogP contribution in [0.1, 0.15) is 16.7 Å². The van der Waals surface area contributed by atoms with Crippen molar-refractivity contribution in [3.05, 3.63) is 59.2 Å². The number of benzene rings is 2. The van der Waals surface area contributed by atoms with Crippen molar-refractivity contribution in [2.24, 2.45) is 5.73 Å². The highest BCUT2D eigenvalue weighted by molar-refractivity contribution is 5.94. The minimum absolute atomic E-state index is 0.0503.